The lowest BCUT2D eigenvalue weighted by molar-refractivity contribution is -0.119. The Bertz CT molecular complexity index is 1100. The van der Waals surface area contributed by atoms with Crippen LogP contribution in [0.15, 0.2) is 72.8 Å². The maximum absolute atomic E-state index is 12.9. The average Bonchev–Trinajstić information content (AvgIpc) is 2.82. The van der Waals surface area contributed by atoms with Crippen molar-refractivity contribution in [3.63, 3.8) is 0 Å². The van der Waals surface area contributed by atoms with Crippen LogP contribution in [0.1, 0.15) is 63.6 Å². The van der Waals surface area contributed by atoms with E-state index in [4.69, 9.17) is 4.74 Å². The Labute approximate surface area is 188 Å². The van der Waals surface area contributed by atoms with Gasteiger partial charge in [0.25, 0.3) is 5.91 Å². The largest absolute Gasteiger partial charge is 0.452 e. The van der Waals surface area contributed by atoms with Crippen LogP contribution in [0.2, 0.25) is 0 Å². The standard InChI is InChI=1S/C27H27NO4/c1-4-19(3)20-13-15-22(16-14-20)28-25(29)17-32-27(31)24-8-6-5-7-23(24)26(30)21-11-9-18(2)10-12-21/h5-16,19H,4,17H2,1-3H3,(H,28,29)/t19-/m0/s1. The maximum Gasteiger partial charge on any atom is 0.339 e. The number of benzene rings is 3. The van der Waals surface area contributed by atoms with Crippen LogP contribution in [0.4, 0.5) is 5.69 Å². The van der Waals surface area contributed by atoms with Crippen molar-refractivity contribution in [3.8, 4) is 0 Å². The Morgan fingerprint density at radius 3 is 2.12 bits per heavy atom. The zero-order valence-electron chi connectivity index (χ0n) is 18.6. The Kier molecular flexibility index (Phi) is 7.55. The molecule has 0 fully saturated rings. The van der Waals surface area contributed by atoms with Gasteiger partial charge in [-0.1, -0.05) is 74.0 Å². The normalized spacial score (nSPS) is 11.5. The van der Waals surface area contributed by atoms with Gasteiger partial charge in [-0.25, -0.2) is 4.79 Å². The number of ketones is 1. The Morgan fingerprint density at radius 1 is 0.875 bits per heavy atom. The average molecular weight is 430 g/mol. The summed E-state index contributed by atoms with van der Waals surface area (Å²) >= 11 is 0. The number of carbonyl (C=O) groups is 3. The highest BCUT2D eigenvalue weighted by atomic mass is 16.5. The van der Waals surface area contributed by atoms with Gasteiger partial charge in [0.1, 0.15) is 0 Å². The van der Waals surface area contributed by atoms with Crippen LogP contribution in [0, 0.1) is 6.92 Å². The van der Waals surface area contributed by atoms with E-state index in [0.717, 1.165) is 12.0 Å². The molecule has 0 saturated carbocycles. The minimum Gasteiger partial charge on any atom is -0.452 e. The molecule has 0 bridgehead atoms. The lowest BCUT2D eigenvalue weighted by Gasteiger charge is -2.11. The lowest BCUT2D eigenvalue weighted by Crippen LogP contribution is -2.22. The van der Waals surface area contributed by atoms with Gasteiger partial charge in [0.2, 0.25) is 0 Å². The molecule has 5 heteroatoms. The van der Waals surface area contributed by atoms with E-state index >= 15 is 0 Å². The van der Waals surface area contributed by atoms with Crippen molar-refractivity contribution >= 4 is 23.3 Å². The van der Waals surface area contributed by atoms with Gasteiger partial charge in [0.05, 0.1) is 5.56 Å². The van der Waals surface area contributed by atoms with Gasteiger partial charge in [0.15, 0.2) is 12.4 Å². The number of esters is 1. The molecule has 32 heavy (non-hydrogen) atoms. The van der Waals surface area contributed by atoms with Crippen LogP contribution in [0.25, 0.3) is 0 Å². The fourth-order valence-corrected chi connectivity index (χ4v) is 3.26. The molecule has 0 heterocycles. The summed E-state index contributed by atoms with van der Waals surface area (Å²) in [6.07, 6.45) is 1.04. The Balaban J connectivity index is 1.63. The zero-order valence-corrected chi connectivity index (χ0v) is 18.6. The number of ether oxygens (including phenoxy) is 1. The first-order chi connectivity index (χ1) is 15.4. The van der Waals surface area contributed by atoms with Crippen molar-refractivity contribution in [1.29, 1.82) is 0 Å². The molecule has 3 aromatic rings. The Hall–Kier alpha value is -3.73. The first kappa shape index (κ1) is 22.9. The van der Waals surface area contributed by atoms with Gasteiger partial charge in [-0.05, 0) is 43.0 Å². The van der Waals surface area contributed by atoms with Crippen LogP contribution < -0.4 is 5.32 Å². The maximum atomic E-state index is 12.9. The lowest BCUT2D eigenvalue weighted by atomic mass is 9.98. The first-order valence-corrected chi connectivity index (χ1v) is 10.7. The second kappa shape index (κ2) is 10.5. The van der Waals surface area contributed by atoms with Crippen LogP contribution in [-0.4, -0.2) is 24.3 Å². The quantitative estimate of drug-likeness (QED) is 0.377. The van der Waals surface area contributed by atoms with E-state index in [1.54, 1.807) is 30.3 Å². The van der Waals surface area contributed by atoms with E-state index in [2.05, 4.69) is 19.2 Å². The molecule has 1 amide bonds. The highest BCUT2D eigenvalue weighted by molar-refractivity contribution is 6.14. The summed E-state index contributed by atoms with van der Waals surface area (Å²) in [4.78, 5) is 37.7. The van der Waals surface area contributed by atoms with Crippen molar-refractivity contribution in [2.45, 2.75) is 33.1 Å². The van der Waals surface area contributed by atoms with Gasteiger partial charge in [-0.2, -0.15) is 0 Å². The van der Waals surface area contributed by atoms with Crippen molar-refractivity contribution in [1.82, 2.24) is 0 Å². The number of hydrogen-bond acceptors (Lipinski definition) is 4. The van der Waals surface area contributed by atoms with E-state index in [1.165, 1.54) is 11.6 Å². The third-order valence-corrected chi connectivity index (χ3v) is 5.42. The molecule has 0 aromatic heterocycles. The number of rotatable bonds is 8. The van der Waals surface area contributed by atoms with E-state index in [-0.39, 0.29) is 16.9 Å². The second-order valence-corrected chi connectivity index (χ2v) is 7.80. The minimum atomic E-state index is -0.719. The van der Waals surface area contributed by atoms with Gasteiger partial charge in [-0.3, -0.25) is 9.59 Å². The van der Waals surface area contributed by atoms with E-state index in [0.29, 0.717) is 17.2 Å². The summed E-state index contributed by atoms with van der Waals surface area (Å²) in [6.45, 7) is 5.76. The summed E-state index contributed by atoms with van der Waals surface area (Å²) in [7, 11) is 0. The van der Waals surface area contributed by atoms with Gasteiger partial charge < -0.3 is 10.1 Å². The Morgan fingerprint density at radius 2 is 1.50 bits per heavy atom. The molecule has 0 radical (unpaired) electrons. The predicted molar refractivity (Wildman–Crippen MR) is 125 cm³/mol. The molecule has 0 unspecified atom stereocenters. The van der Waals surface area contributed by atoms with Crippen LogP contribution in [0.5, 0.6) is 0 Å². The molecule has 1 atom stereocenters. The van der Waals surface area contributed by atoms with Crippen molar-refractivity contribution in [3.05, 3.63) is 101 Å². The molecule has 3 aromatic carbocycles. The number of aryl methyl sites for hydroxylation is 1. The SMILES string of the molecule is CC[C@H](C)c1ccc(NC(=O)COC(=O)c2ccccc2C(=O)c2ccc(C)cc2)cc1. The van der Waals surface area contributed by atoms with Crippen LogP contribution in [-0.2, 0) is 9.53 Å². The molecule has 164 valence electrons. The minimum absolute atomic E-state index is 0.129. The molecule has 5 nitrogen and oxygen atoms in total. The molecule has 0 aliphatic heterocycles. The third-order valence-electron chi connectivity index (χ3n) is 5.42. The van der Waals surface area contributed by atoms with Gasteiger partial charge >= 0.3 is 5.97 Å². The highest BCUT2D eigenvalue weighted by Crippen LogP contribution is 2.20. The summed E-state index contributed by atoms with van der Waals surface area (Å²) in [6, 6.07) is 21.2. The molecule has 0 spiro atoms. The molecule has 0 aliphatic rings. The topological polar surface area (TPSA) is 72.5 Å². The fourth-order valence-electron chi connectivity index (χ4n) is 3.26. The summed E-state index contributed by atoms with van der Waals surface area (Å²) in [5, 5.41) is 2.72. The molecule has 1 N–H and O–H groups in total. The number of nitrogens with one attached hydrogen (secondary N) is 1. The molecular formula is C27H27NO4. The van der Waals surface area contributed by atoms with E-state index < -0.39 is 18.5 Å². The van der Waals surface area contributed by atoms with Crippen molar-refractivity contribution < 1.29 is 19.1 Å². The summed E-state index contributed by atoms with van der Waals surface area (Å²) in [5.74, 6) is -0.993. The molecular weight excluding hydrogens is 402 g/mol. The smallest absolute Gasteiger partial charge is 0.339 e. The number of hydrogen-bond donors (Lipinski definition) is 1. The first-order valence-electron chi connectivity index (χ1n) is 10.7. The zero-order chi connectivity index (χ0) is 23.1. The van der Waals surface area contributed by atoms with Gasteiger partial charge in [-0.15, -0.1) is 0 Å². The van der Waals surface area contributed by atoms with E-state index in [9.17, 15) is 14.4 Å². The fraction of sp³-hybridized carbons (Fsp3) is 0.222. The highest BCUT2D eigenvalue weighted by Gasteiger charge is 2.20. The van der Waals surface area contributed by atoms with Crippen molar-refractivity contribution in [2.75, 3.05) is 11.9 Å². The number of carbonyl (C=O) groups excluding carboxylic acids is 3. The van der Waals surface area contributed by atoms with Crippen LogP contribution in [0.3, 0.4) is 0 Å². The number of anilines is 1. The van der Waals surface area contributed by atoms with Crippen LogP contribution >= 0.6 is 0 Å². The third kappa shape index (κ3) is 5.70. The molecule has 3 rings (SSSR count). The summed E-state index contributed by atoms with van der Waals surface area (Å²) < 4.78 is 5.18. The second-order valence-electron chi connectivity index (χ2n) is 7.80. The van der Waals surface area contributed by atoms with Gasteiger partial charge in [0, 0.05) is 16.8 Å². The van der Waals surface area contributed by atoms with Crippen molar-refractivity contribution in [2.24, 2.45) is 0 Å². The summed E-state index contributed by atoms with van der Waals surface area (Å²) in [5.41, 5.74) is 3.72. The molecule has 0 saturated heterocycles. The molecule has 0 aliphatic carbocycles. The monoisotopic (exact) mass is 429 g/mol. The van der Waals surface area contributed by atoms with E-state index in [1.807, 2.05) is 43.3 Å². The number of amides is 1. The predicted octanol–water partition coefficient (Wildman–Crippen LogP) is 5.54.